The van der Waals surface area contributed by atoms with Crippen LogP contribution in [0.5, 0.6) is 0 Å². The van der Waals surface area contributed by atoms with E-state index in [0.717, 1.165) is 18.7 Å². The first-order valence-corrected chi connectivity index (χ1v) is 6.58. The molecule has 0 spiro atoms. The van der Waals surface area contributed by atoms with Crippen molar-refractivity contribution < 1.29 is 4.79 Å². The number of anilines is 1. The highest BCUT2D eigenvalue weighted by atomic mass is 16.2. The Bertz CT molecular complexity index is 595. The zero-order valence-corrected chi connectivity index (χ0v) is 10.9. The molecule has 1 aromatic carbocycles. The number of aromatic nitrogens is 1. The topological polar surface area (TPSA) is 33.2 Å². The first kappa shape index (κ1) is 11.9. The first-order chi connectivity index (χ1) is 9.27. The molecule has 1 unspecified atom stereocenters. The van der Waals surface area contributed by atoms with Gasteiger partial charge >= 0.3 is 0 Å². The van der Waals surface area contributed by atoms with Crippen LogP contribution in [-0.2, 0) is 0 Å². The first-order valence-electron chi connectivity index (χ1n) is 6.58. The van der Waals surface area contributed by atoms with E-state index in [2.05, 4.69) is 18.0 Å². The highest BCUT2D eigenvalue weighted by molar-refractivity contribution is 6.06. The van der Waals surface area contributed by atoms with Gasteiger partial charge in [0.1, 0.15) is 0 Å². The van der Waals surface area contributed by atoms with E-state index in [0.29, 0.717) is 11.5 Å². The SMILES string of the molecule is CC1CCN(C(=O)c2ccncc2)c2ccccc21. The van der Waals surface area contributed by atoms with Gasteiger partial charge in [0.2, 0.25) is 0 Å². The molecule has 0 N–H and O–H groups in total. The van der Waals surface area contributed by atoms with Crippen LogP contribution in [0.2, 0.25) is 0 Å². The van der Waals surface area contributed by atoms with Crippen molar-refractivity contribution in [3.63, 3.8) is 0 Å². The molecule has 19 heavy (non-hydrogen) atoms. The predicted molar refractivity (Wildman–Crippen MR) is 75.4 cm³/mol. The Morgan fingerprint density at radius 1 is 1.21 bits per heavy atom. The summed E-state index contributed by atoms with van der Waals surface area (Å²) in [6.45, 7) is 2.99. The lowest BCUT2D eigenvalue weighted by Crippen LogP contribution is -2.36. The Morgan fingerprint density at radius 3 is 2.74 bits per heavy atom. The van der Waals surface area contributed by atoms with Crippen LogP contribution < -0.4 is 4.90 Å². The van der Waals surface area contributed by atoms with Gasteiger partial charge in [0.25, 0.3) is 5.91 Å². The Labute approximate surface area is 112 Å². The van der Waals surface area contributed by atoms with Crippen molar-refractivity contribution in [1.29, 1.82) is 0 Å². The molecule has 0 radical (unpaired) electrons. The molecule has 96 valence electrons. The summed E-state index contributed by atoms with van der Waals surface area (Å²) in [6, 6.07) is 11.7. The number of rotatable bonds is 1. The molecule has 1 aliphatic rings. The molecule has 3 heteroatoms. The predicted octanol–water partition coefficient (Wildman–Crippen LogP) is 3.24. The van der Waals surface area contributed by atoms with E-state index in [1.165, 1.54) is 5.56 Å². The highest BCUT2D eigenvalue weighted by Gasteiger charge is 2.26. The van der Waals surface area contributed by atoms with Gasteiger partial charge in [-0.05, 0) is 36.1 Å². The maximum Gasteiger partial charge on any atom is 0.258 e. The summed E-state index contributed by atoms with van der Waals surface area (Å²) in [5.41, 5.74) is 3.00. The molecule has 0 aliphatic carbocycles. The lowest BCUT2D eigenvalue weighted by Gasteiger charge is -2.33. The minimum absolute atomic E-state index is 0.0572. The third-order valence-electron chi connectivity index (χ3n) is 3.72. The molecule has 3 rings (SSSR count). The monoisotopic (exact) mass is 252 g/mol. The van der Waals surface area contributed by atoms with E-state index >= 15 is 0 Å². The zero-order chi connectivity index (χ0) is 13.2. The Balaban J connectivity index is 1.99. The summed E-state index contributed by atoms with van der Waals surface area (Å²) in [5.74, 6) is 0.569. The summed E-state index contributed by atoms with van der Waals surface area (Å²) in [6.07, 6.45) is 4.32. The summed E-state index contributed by atoms with van der Waals surface area (Å²) in [5, 5.41) is 0. The number of carbonyl (C=O) groups is 1. The van der Waals surface area contributed by atoms with E-state index in [1.807, 2.05) is 23.1 Å². The summed E-state index contributed by atoms with van der Waals surface area (Å²) in [4.78, 5) is 18.4. The van der Waals surface area contributed by atoms with Crippen LogP contribution in [0.15, 0.2) is 48.8 Å². The molecule has 3 nitrogen and oxygen atoms in total. The molecule has 2 heterocycles. The van der Waals surface area contributed by atoms with Crippen LogP contribution in [-0.4, -0.2) is 17.4 Å². The Kier molecular flexibility index (Phi) is 3.03. The fraction of sp³-hybridized carbons (Fsp3) is 0.250. The minimum atomic E-state index is 0.0572. The van der Waals surface area contributed by atoms with E-state index in [4.69, 9.17) is 0 Å². The van der Waals surface area contributed by atoms with Crippen LogP contribution >= 0.6 is 0 Å². The van der Waals surface area contributed by atoms with Crippen molar-refractivity contribution in [3.05, 3.63) is 59.9 Å². The van der Waals surface area contributed by atoms with E-state index in [9.17, 15) is 4.79 Å². The van der Waals surface area contributed by atoms with Gasteiger partial charge in [-0.15, -0.1) is 0 Å². The number of amides is 1. The number of hydrogen-bond acceptors (Lipinski definition) is 2. The standard InChI is InChI=1S/C16H16N2O/c1-12-8-11-18(15-5-3-2-4-14(12)15)16(19)13-6-9-17-10-7-13/h2-7,9-10,12H,8,11H2,1H3. The molecular formula is C16H16N2O. The minimum Gasteiger partial charge on any atom is -0.308 e. The van der Waals surface area contributed by atoms with E-state index in [1.54, 1.807) is 24.5 Å². The number of fused-ring (bicyclic) bond motifs is 1. The third-order valence-corrected chi connectivity index (χ3v) is 3.72. The lowest BCUT2D eigenvalue weighted by atomic mass is 9.91. The number of pyridine rings is 1. The average molecular weight is 252 g/mol. The van der Waals surface area contributed by atoms with Gasteiger partial charge in [-0.3, -0.25) is 9.78 Å². The fourth-order valence-electron chi connectivity index (χ4n) is 2.61. The average Bonchev–Trinajstić information content (AvgIpc) is 2.48. The Hall–Kier alpha value is -2.16. The summed E-state index contributed by atoms with van der Waals surface area (Å²) in [7, 11) is 0. The maximum absolute atomic E-state index is 12.6. The fourth-order valence-corrected chi connectivity index (χ4v) is 2.61. The van der Waals surface area contributed by atoms with Crippen molar-refractivity contribution in [2.45, 2.75) is 19.3 Å². The molecule has 1 aliphatic heterocycles. The van der Waals surface area contributed by atoms with Crippen LogP contribution in [0.1, 0.15) is 35.2 Å². The molecule has 0 bridgehead atoms. The molecule has 0 saturated heterocycles. The number of para-hydroxylation sites is 1. The Morgan fingerprint density at radius 2 is 1.95 bits per heavy atom. The van der Waals surface area contributed by atoms with E-state index < -0.39 is 0 Å². The van der Waals surface area contributed by atoms with Crippen molar-refractivity contribution >= 4 is 11.6 Å². The maximum atomic E-state index is 12.6. The van der Waals surface area contributed by atoms with Gasteiger partial charge in [-0.25, -0.2) is 0 Å². The van der Waals surface area contributed by atoms with Crippen LogP contribution in [0, 0.1) is 0 Å². The normalized spacial score (nSPS) is 17.9. The zero-order valence-electron chi connectivity index (χ0n) is 10.9. The van der Waals surface area contributed by atoms with Crippen molar-refractivity contribution in [3.8, 4) is 0 Å². The second kappa shape index (κ2) is 4.84. The molecule has 0 fully saturated rings. The smallest absolute Gasteiger partial charge is 0.258 e. The molecule has 1 aromatic heterocycles. The second-order valence-electron chi connectivity index (χ2n) is 4.94. The van der Waals surface area contributed by atoms with Crippen LogP contribution in [0.4, 0.5) is 5.69 Å². The highest BCUT2D eigenvalue weighted by Crippen LogP contribution is 2.35. The van der Waals surface area contributed by atoms with Gasteiger partial charge in [0, 0.05) is 30.2 Å². The molecule has 1 atom stereocenters. The van der Waals surface area contributed by atoms with Crippen LogP contribution in [0.3, 0.4) is 0 Å². The lowest BCUT2D eigenvalue weighted by molar-refractivity contribution is 0.0984. The van der Waals surface area contributed by atoms with E-state index in [-0.39, 0.29) is 5.91 Å². The van der Waals surface area contributed by atoms with Gasteiger partial charge in [-0.2, -0.15) is 0 Å². The van der Waals surface area contributed by atoms with Crippen molar-refractivity contribution in [2.75, 3.05) is 11.4 Å². The third kappa shape index (κ3) is 2.12. The van der Waals surface area contributed by atoms with Crippen LogP contribution in [0.25, 0.3) is 0 Å². The van der Waals surface area contributed by atoms with Gasteiger partial charge < -0.3 is 4.90 Å². The summed E-state index contributed by atoms with van der Waals surface area (Å²) >= 11 is 0. The van der Waals surface area contributed by atoms with Gasteiger partial charge in [0.05, 0.1) is 0 Å². The molecule has 1 amide bonds. The second-order valence-corrected chi connectivity index (χ2v) is 4.94. The van der Waals surface area contributed by atoms with Gasteiger partial charge in [-0.1, -0.05) is 25.1 Å². The molecule has 2 aromatic rings. The van der Waals surface area contributed by atoms with Gasteiger partial charge in [0.15, 0.2) is 0 Å². The molecule has 0 saturated carbocycles. The van der Waals surface area contributed by atoms with Crippen molar-refractivity contribution in [2.24, 2.45) is 0 Å². The quantitative estimate of drug-likeness (QED) is 0.780. The number of nitrogens with zero attached hydrogens (tertiary/aromatic N) is 2. The van der Waals surface area contributed by atoms with Crippen molar-refractivity contribution in [1.82, 2.24) is 4.98 Å². The number of carbonyl (C=O) groups excluding carboxylic acids is 1. The largest absolute Gasteiger partial charge is 0.308 e. The summed E-state index contributed by atoms with van der Waals surface area (Å²) < 4.78 is 0. The number of benzene rings is 1. The molecular weight excluding hydrogens is 236 g/mol. The number of hydrogen-bond donors (Lipinski definition) is 0.